The predicted octanol–water partition coefficient (Wildman–Crippen LogP) is 12.1. The molecule has 334 valence electrons. The van der Waals surface area contributed by atoms with E-state index < -0.39 is 26.6 Å². The Kier molecular flexibility index (Phi) is 38.2. The standard InChI is InChI=1S/C50H83N2O6P/c1-6-8-10-12-13-14-15-16-17-18-19-20-21-22-23-24-25-26-27-28-29-30-31-32-33-34-35-36-37-38-39-40-42-44-50(54)51-48(49(53)43-41-11-9-7-2)47-58-59(55,56)57-46-45-52(3,4)5/h8,10,13-14,16-17,19-20,22-23,25-26,28-29,31-32,34-35,41,43,48-49,53H,6-7,9,11-12,15,18,21,24,27,30,33,36-40,42,44-47H2,1-5H3,(H-,51,54,55,56)/b10-8-,14-13-,17-16-,20-19-,23-22-,26-25-,29-28-,32-31-,35-34-,43-41+. The number of aliphatic hydroxyl groups excluding tert-OH is 1. The number of amides is 1. The third-order valence-electron chi connectivity index (χ3n) is 8.93. The van der Waals surface area contributed by atoms with E-state index in [4.69, 9.17) is 9.05 Å². The minimum Gasteiger partial charge on any atom is -0.756 e. The molecule has 8 nitrogen and oxygen atoms in total. The molecule has 1 amide bonds. The first kappa shape index (κ1) is 55.9. The SMILES string of the molecule is CC/C=C\C/C=C\C/C=C\C/C=C\C/C=C\C/C=C\C/C=C\C/C=C\C/C=C\CCCCCCCC(=O)NC(COP(=O)([O-])OCC[N+](C)(C)C)C(O)/C=C/CCCC. The number of quaternary nitrogens is 1. The maximum Gasteiger partial charge on any atom is 0.268 e. The summed E-state index contributed by atoms with van der Waals surface area (Å²) in [6.45, 7) is 4.31. The molecule has 0 saturated carbocycles. The van der Waals surface area contributed by atoms with Gasteiger partial charge in [-0.05, 0) is 83.5 Å². The van der Waals surface area contributed by atoms with Gasteiger partial charge in [0.25, 0.3) is 7.82 Å². The zero-order chi connectivity index (χ0) is 43.6. The number of unbranched alkanes of at least 4 members (excludes halogenated alkanes) is 7. The Morgan fingerprint density at radius 1 is 0.610 bits per heavy atom. The summed E-state index contributed by atoms with van der Waals surface area (Å²) >= 11 is 0. The molecule has 0 bridgehead atoms. The number of carbonyl (C=O) groups excluding carboxylic acids is 1. The molecule has 0 aliphatic carbocycles. The van der Waals surface area contributed by atoms with Crippen molar-refractivity contribution in [2.75, 3.05) is 40.9 Å². The second-order valence-electron chi connectivity index (χ2n) is 15.7. The monoisotopic (exact) mass is 839 g/mol. The van der Waals surface area contributed by atoms with Crippen LogP contribution in [0.15, 0.2) is 122 Å². The van der Waals surface area contributed by atoms with Crippen LogP contribution in [0, 0.1) is 0 Å². The Balaban J connectivity index is 4.07. The number of phosphoric ester groups is 1. The molecular formula is C50H83N2O6P. The molecule has 0 aliphatic rings. The van der Waals surface area contributed by atoms with Crippen molar-refractivity contribution in [2.24, 2.45) is 0 Å². The van der Waals surface area contributed by atoms with Gasteiger partial charge in [0, 0.05) is 6.42 Å². The first-order valence-corrected chi connectivity index (χ1v) is 23.9. The Morgan fingerprint density at radius 2 is 1.03 bits per heavy atom. The lowest BCUT2D eigenvalue weighted by Crippen LogP contribution is -2.45. The van der Waals surface area contributed by atoms with Crippen molar-refractivity contribution in [3.8, 4) is 0 Å². The van der Waals surface area contributed by atoms with Crippen LogP contribution < -0.4 is 10.2 Å². The van der Waals surface area contributed by atoms with E-state index in [0.717, 1.165) is 116 Å². The molecular weight excluding hydrogens is 756 g/mol. The molecule has 3 unspecified atom stereocenters. The molecule has 0 rings (SSSR count). The number of rotatable bonds is 38. The number of carbonyl (C=O) groups is 1. The minimum atomic E-state index is -4.58. The largest absolute Gasteiger partial charge is 0.756 e. The number of aliphatic hydroxyl groups is 1. The normalized spacial score (nSPS) is 15.4. The molecule has 3 atom stereocenters. The van der Waals surface area contributed by atoms with Gasteiger partial charge in [-0.1, -0.05) is 167 Å². The molecule has 0 saturated heterocycles. The quantitative estimate of drug-likeness (QED) is 0.0277. The molecule has 0 aromatic carbocycles. The molecule has 0 aromatic rings. The van der Waals surface area contributed by atoms with Crippen LogP contribution in [0.5, 0.6) is 0 Å². The van der Waals surface area contributed by atoms with Gasteiger partial charge in [-0.2, -0.15) is 0 Å². The van der Waals surface area contributed by atoms with Crippen LogP contribution in [0.2, 0.25) is 0 Å². The second kappa shape index (κ2) is 40.3. The van der Waals surface area contributed by atoms with Gasteiger partial charge in [0.2, 0.25) is 5.91 Å². The average molecular weight is 839 g/mol. The lowest BCUT2D eigenvalue weighted by molar-refractivity contribution is -0.870. The van der Waals surface area contributed by atoms with E-state index in [2.05, 4.69) is 129 Å². The summed E-state index contributed by atoms with van der Waals surface area (Å²) in [4.78, 5) is 25.0. The highest BCUT2D eigenvalue weighted by Crippen LogP contribution is 2.38. The molecule has 59 heavy (non-hydrogen) atoms. The molecule has 0 radical (unpaired) electrons. The number of phosphoric acid groups is 1. The van der Waals surface area contributed by atoms with Gasteiger partial charge in [-0.15, -0.1) is 0 Å². The summed E-state index contributed by atoms with van der Waals surface area (Å²) < 4.78 is 22.9. The highest BCUT2D eigenvalue weighted by atomic mass is 31.2. The molecule has 0 spiro atoms. The zero-order valence-electron chi connectivity index (χ0n) is 37.6. The number of hydrogen-bond donors (Lipinski definition) is 2. The van der Waals surface area contributed by atoms with Gasteiger partial charge in [0.05, 0.1) is 39.9 Å². The number of likely N-dealkylation sites (N-methyl/N-ethyl adjacent to an activating group) is 1. The van der Waals surface area contributed by atoms with Gasteiger partial charge in [-0.25, -0.2) is 0 Å². The Labute approximate surface area is 361 Å². The van der Waals surface area contributed by atoms with Gasteiger partial charge in [0.15, 0.2) is 0 Å². The van der Waals surface area contributed by atoms with Crippen LogP contribution >= 0.6 is 7.82 Å². The summed E-state index contributed by atoms with van der Waals surface area (Å²) in [5.41, 5.74) is 0. The summed E-state index contributed by atoms with van der Waals surface area (Å²) in [7, 11) is 1.21. The van der Waals surface area contributed by atoms with Crippen LogP contribution in [0.3, 0.4) is 0 Å². The van der Waals surface area contributed by atoms with E-state index >= 15 is 0 Å². The highest BCUT2D eigenvalue weighted by molar-refractivity contribution is 7.45. The maximum absolute atomic E-state index is 12.7. The molecule has 2 N–H and O–H groups in total. The fourth-order valence-electron chi connectivity index (χ4n) is 5.36. The fourth-order valence-corrected chi connectivity index (χ4v) is 6.09. The lowest BCUT2D eigenvalue weighted by Gasteiger charge is -2.29. The Morgan fingerprint density at radius 3 is 1.49 bits per heavy atom. The van der Waals surface area contributed by atoms with Crippen LogP contribution in [0.25, 0.3) is 0 Å². The van der Waals surface area contributed by atoms with Crippen molar-refractivity contribution in [2.45, 2.75) is 148 Å². The summed E-state index contributed by atoms with van der Waals surface area (Å²) in [5, 5.41) is 13.5. The zero-order valence-corrected chi connectivity index (χ0v) is 38.5. The van der Waals surface area contributed by atoms with Crippen LogP contribution in [-0.4, -0.2) is 68.5 Å². The van der Waals surface area contributed by atoms with Crippen molar-refractivity contribution >= 4 is 13.7 Å². The van der Waals surface area contributed by atoms with Crippen molar-refractivity contribution in [3.05, 3.63) is 122 Å². The molecule has 0 aromatic heterocycles. The third-order valence-corrected chi connectivity index (χ3v) is 9.89. The van der Waals surface area contributed by atoms with Gasteiger partial charge in [-0.3, -0.25) is 9.36 Å². The summed E-state index contributed by atoms with van der Waals surface area (Å²) in [6.07, 6.45) is 60.4. The van der Waals surface area contributed by atoms with Gasteiger partial charge >= 0.3 is 0 Å². The number of nitrogens with one attached hydrogen (secondary N) is 1. The van der Waals surface area contributed by atoms with Crippen molar-refractivity contribution in [1.82, 2.24) is 5.32 Å². The number of hydrogen-bond acceptors (Lipinski definition) is 6. The first-order valence-electron chi connectivity index (χ1n) is 22.4. The molecule has 0 aliphatic heterocycles. The Bertz CT molecular complexity index is 1370. The highest BCUT2D eigenvalue weighted by Gasteiger charge is 2.23. The average Bonchev–Trinajstić information content (AvgIpc) is 3.19. The lowest BCUT2D eigenvalue weighted by atomic mass is 10.1. The van der Waals surface area contributed by atoms with Crippen LogP contribution in [0.1, 0.15) is 136 Å². The second-order valence-corrected chi connectivity index (χ2v) is 17.1. The maximum atomic E-state index is 12.7. The van der Waals surface area contributed by atoms with E-state index in [-0.39, 0.29) is 12.5 Å². The number of allylic oxidation sites excluding steroid dienone is 19. The van der Waals surface area contributed by atoms with Crippen LogP contribution in [-0.2, 0) is 18.4 Å². The van der Waals surface area contributed by atoms with E-state index in [1.165, 1.54) is 0 Å². The molecule has 9 heteroatoms. The fraction of sp³-hybridized carbons (Fsp3) is 0.580. The molecule has 0 heterocycles. The Hall–Kier alpha value is -3.10. The van der Waals surface area contributed by atoms with Crippen LogP contribution in [0.4, 0.5) is 0 Å². The van der Waals surface area contributed by atoms with Crippen molar-refractivity contribution < 1.29 is 32.9 Å². The first-order chi connectivity index (χ1) is 28.5. The van der Waals surface area contributed by atoms with E-state index in [9.17, 15) is 19.4 Å². The van der Waals surface area contributed by atoms with Gasteiger partial charge in [0.1, 0.15) is 13.2 Å². The van der Waals surface area contributed by atoms with Crippen molar-refractivity contribution in [3.63, 3.8) is 0 Å². The summed E-state index contributed by atoms with van der Waals surface area (Å²) in [5.74, 6) is -0.234. The molecule has 0 fully saturated rings. The van der Waals surface area contributed by atoms with E-state index in [1.54, 1.807) is 6.08 Å². The van der Waals surface area contributed by atoms with E-state index in [0.29, 0.717) is 17.4 Å². The third kappa shape index (κ3) is 42.8. The van der Waals surface area contributed by atoms with E-state index in [1.807, 2.05) is 27.2 Å². The predicted molar refractivity (Wildman–Crippen MR) is 251 cm³/mol. The smallest absolute Gasteiger partial charge is 0.268 e. The summed E-state index contributed by atoms with van der Waals surface area (Å²) in [6, 6.07) is -0.901. The topological polar surface area (TPSA) is 108 Å². The van der Waals surface area contributed by atoms with Gasteiger partial charge < -0.3 is 28.8 Å². The minimum absolute atomic E-state index is 0.0137. The van der Waals surface area contributed by atoms with Crippen molar-refractivity contribution in [1.29, 1.82) is 0 Å². The number of nitrogens with zero attached hydrogens (tertiary/aromatic N) is 1.